The normalized spacial score (nSPS) is 25.2. The van der Waals surface area contributed by atoms with E-state index in [1.807, 2.05) is 12.2 Å². The van der Waals surface area contributed by atoms with Gasteiger partial charge in [-0.15, -0.1) is 0 Å². The summed E-state index contributed by atoms with van der Waals surface area (Å²) in [6.45, 7) is 2.11. The molecule has 25 heavy (non-hydrogen) atoms. The van der Waals surface area contributed by atoms with Crippen molar-refractivity contribution < 1.29 is 24.9 Å². The van der Waals surface area contributed by atoms with Crippen LogP contribution in [0.15, 0.2) is 24.3 Å². The van der Waals surface area contributed by atoms with E-state index in [0.29, 0.717) is 25.7 Å². The molecule has 0 saturated heterocycles. The molecule has 1 fully saturated rings. The molecule has 0 radical (unpaired) electrons. The molecule has 0 aromatic carbocycles. The summed E-state index contributed by atoms with van der Waals surface area (Å²) < 4.78 is 0. The van der Waals surface area contributed by atoms with Gasteiger partial charge in [-0.2, -0.15) is 0 Å². The Balaban J connectivity index is 2.48. The molecule has 4 atom stereocenters. The average Bonchev–Trinajstić information content (AvgIpc) is 2.82. The summed E-state index contributed by atoms with van der Waals surface area (Å²) in [5.74, 6) is -1.29. The third kappa shape index (κ3) is 8.45. The molecule has 5 heteroatoms. The number of hydrogen-bond donors (Lipinski definition) is 3. The van der Waals surface area contributed by atoms with E-state index >= 15 is 0 Å². The molecule has 0 heterocycles. The lowest BCUT2D eigenvalue weighted by Crippen LogP contribution is -2.19. The van der Waals surface area contributed by atoms with Crippen LogP contribution >= 0.6 is 0 Å². The Morgan fingerprint density at radius 3 is 2.72 bits per heavy atom. The Kier molecular flexibility index (Phi) is 10.3. The average molecular weight is 352 g/mol. The van der Waals surface area contributed by atoms with Crippen molar-refractivity contribution in [2.24, 2.45) is 11.8 Å². The predicted octanol–water partition coefficient (Wildman–Crippen LogP) is 3.25. The minimum absolute atomic E-state index is 0.0220. The molecule has 1 aliphatic rings. The molecule has 1 aliphatic carbocycles. The van der Waals surface area contributed by atoms with Crippen molar-refractivity contribution in [2.45, 2.75) is 76.9 Å². The molecule has 1 rings (SSSR count). The number of carbonyl (C=O) groups excluding carboxylic acids is 1. The van der Waals surface area contributed by atoms with Crippen LogP contribution in [-0.2, 0) is 9.59 Å². The van der Waals surface area contributed by atoms with E-state index < -0.39 is 18.2 Å². The number of aliphatic carboxylic acids is 1. The molecule has 1 saturated carbocycles. The highest BCUT2D eigenvalue weighted by molar-refractivity contribution is 5.86. The number of carbonyl (C=O) groups is 2. The summed E-state index contributed by atoms with van der Waals surface area (Å²) in [6, 6.07) is 0. The van der Waals surface area contributed by atoms with Crippen LogP contribution in [0.2, 0.25) is 0 Å². The van der Waals surface area contributed by atoms with Crippen LogP contribution in [0.25, 0.3) is 0 Å². The molecule has 0 bridgehead atoms. The molecule has 0 aromatic heterocycles. The van der Waals surface area contributed by atoms with Gasteiger partial charge in [-0.3, -0.25) is 9.59 Å². The van der Waals surface area contributed by atoms with E-state index in [1.54, 1.807) is 12.2 Å². The van der Waals surface area contributed by atoms with E-state index in [2.05, 4.69) is 6.92 Å². The summed E-state index contributed by atoms with van der Waals surface area (Å²) in [5.41, 5.74) is 0. The highest BCUT2D eigenvalue weighted by Crippen LogP contribution is 2.33. The second kappa shape index (κ2) is 12.0. The largest absolute Gasteiger partial charge is 0.481 e. The van der Waals surface area contributed by atoms with Gasteiger partial charge in [0.05, 0.1) is 12.2 Å². The lowest BCUT2D eigenvalue weighted by molar-refractivity contribution is -0.137. The van der Waals surface area contributed by atoms with Gasteiger partial charge in [0.1, 0.15) is 5.78 Å². The second-order valence-electron chi connectivity index (χ2n) is 6.87. The number of aliphatic hydroxyl groups is 2. The Morgan fingerprint density at radius 1 is 1.28 bits per heavy atom. The summed E-state index contributed by atoms with van der Waals surface area (Å²) in [6.07, 6.45) is 12.1. The molecular formula is C20H32O5. The van der Waals surface area contributed by atoms with Gasteiger partial charge in [0.2, 0.25) is 0 Å². The van der Waals surface area contributed by atoms with E-state index in [-0.39, 0.29) is 30.5 Å². The zero-order chi connectivity index (χ0) is 18.7. The lowest BCUT2D eigenvalue weighted by atomic mass is 9.90. The molecule has 3 N–H and O–H groups in total. The zero-order valence-corrected chi connectivity index (χ0v) is 15.1. The number of ketones is 1. The van der Waals surface area contributed by atoms with Crippen LogP contribution in [0.3, 0.4) is 0 Å². The van der Waals surface area contributed by atoms with E-state index in [0.717, 1.165) is 19.3 Å². The van der Waals surface area contributed by atoms with Gasteiger partial charge in [-0.05, 0) is 25.7 Å². The smallest absolute Gasteiger partial charge is 0.303 e. The van der Waals surface area contributed by atoms with E-state index in [9.17, 15) is 19.8 Å². The monoisotopic (exact) mass is 352 g/mol. The molecule has 5 nitrogen and oxygen atoms in total. The lowest BCUT2D eigenvalue weighted by Gasteiger charge is -2.17. The van der Waals surface area contributed by atoms with Crippen LogP contribution in [0.1, 0.15) is 64.7 Å². The Labute approximate surface area is 150 Å². The Hall–Kier alpha value is -1.46. The maximum Gasteiger partial charge on any atom is 0.303 e. The van der Waals surface area contributed by atoms with Crippen molar-refractivity contribution in [2.75, 3.05) is 0 Å². The number of rotatable bonds is 12. The van der Waals surface area contributed by atoms with Crippen LogP contribution in [-0.4, -0.2) is 39.3 Å². The number of hydrogen-bond acceptors (Lipinski definition) is 4. The summed E-state index contributed by atoms with van der Waals surface area (Å²) >= 11 is 0. The number of allylic oxidation sites excluding steroid dienone is 3. The van der Waals surface area contributed by atoms with Crippen molar-refractivity contribution in [3.63, 3.8) is 0 Å². The first-order valence-corrected chi connectivity index (χ1v) is 9.39. The quantitative estimate of drug-likeness (QED) is 0.370. The number of carboxylic acids is 1. The van der Waals surface area contributed by atoms with E-state index in [4.69, 9.17) is 5.11 Å². The number of carboxylic acid groups (broad SMARTS) is 1. The maximum atomic E-state index is 12.1. The van der Waals surface area contributed by atoms with Gasteiger partial charge in [-0.1, -0.05) is 50.5 Å². The highest BCUT2D eigenvalue weighted by atomic mass is 16.4. The molecule has 0 unspecified atom stereocenters. The van der Waals surface area contributed by atoms with Gasteiger partial charge < -0.3 is 15.3 Å². The molecule has 0 spiro atoms. The number of unbranched alkanes of at least 4 members (excludes halogenated alkanes) is 3. The summed E-state index contributed by atoms with van der Waals surface area (Å²) in [7, 11) is 0. The van der Waals surface area contributed by atoms with Crippen LogP contribution in [0, 0.1) is 11.8 Å². The third-order valence-electron chi connectivity index (χ3n) is 4.72. The molecule has 142 valence electrons. The van der Waals surface area contributed by atoms with Gasteiger partial charge in [0, 0.05) is 24.7 Å². The molecular weight excluding hydrogens is 320 g/mol. The van der Waals surface area contributed by atoms with Crippen molar-refractivity contribution in [3.05, 3.63) is 24.3 Å². The van der Waals surface area contributed by atoms with E-state index in [1.165, 1.54) is 0 Å². The van der Waals surface area contributed by atoms with Crippen LogP contribution in [0.4, 0.5) is 0 Å². The summed E-state index contributed by atoms with van der Waals surface area (Å²) in [4.78, 5) is 22.5. The van der Waals surface area contributed by atoms with Crippen LogP contribution < -0.4 is 0 Å². The molecule has 0 aromatic rings. The second-order valence-corrected chi connectivity index (χ2v) is 6.87. The van der Waals surface area contributed by atoms with Gasteiger partial charge in [-0.25, -0.2) is 0 Å². The fraction of sp³-hybridized carbons (Fsp3) is 0.700. The van der Waals surface area contributed by atoms with Crippen molar-refractivity contribution >= 4 is 11.8 Å². The van der Waals surface area contributed by atoms with Gasteiger partial charge in [0.25, 0.3) is 0 Å². The standard InChI is InChI=1S/C20H32O5/c1-2-3-6-9-15(21)12-13-17-16(18(22)14-19(17)23)10-7-4-5-8-11-20(24)25/h4,7,12-13,15-18,21-22H,2-3,5-6,8-11,14H2,1H3,(H,24,25)/b7-4-,13-12+/t15-,16+,17-,18-/m1/s1. The van der Waals surface area contributed by atoms with Crippen molar-refractivity contribution in [3.8, 4) is 0 Å². The molecule has 0 amide bonds. The summed E-state index contributed by atoms with van der Waals surface area (Å²) in [5, 5.41) is 28.7. The first-order valence-electron chi connectivity index (χ1n) is 9.39. The zero-order valence-electron chi connectivity index (χ0n) is 15.1. The highest BCUT2D eigenvalue weighted by Gasteiger charge is 2.39. The van der Waals surface area contributed by atoms with Crippen LogP contribution in [0.5, 0.6) is 0 Å². The SMILES string of the molecule is CCCCC[C@@H](O)/C=C/[C@H]1C(=O)C[C@@H](O)[C@H]1C/C=C\CCCC(=O)O. The van der Waals surface area contributed by atoms with Crippen molar-refractivity contribution in [1.29, 1.82) is 0 Å². The third-order valence-corrected chi connectivity index (χ3v) is 4.72. The fourth-order valence-electron chi connectivity index (χ4n) is 3.22. The first kappa shape index (κ1) is 21.6. The van der Waals surface area contributed by atoms with Gasteiger partial charge >= 0.3 is 5.97 Å². The molecule has 0 aliphatic heterocycles. The minimum Gasteiger partial charge on any atom is -0.481 e. The van der Waals surface area contributed by atoms with Gasteiger partial charge in [0.15, 0.2) is 0 Å². The van der Waals surface area contributed by atoms with Crippen molar-refractivity contribution in [1.82, 2.24) is 0 Å². The topological polar surface area (TPSA) is 94.8 Å². The first-order chi connectivity index (χ1) is 12.0. The Morgan fingerprint density at radius 2 is 2.04 bits per heavy atom. The predicted molar refractivity (Wildman–Crippen MR) is 97.1 cm³/mol. The maximum absolute atomic E-state index is 12.1. The fourth-order valence-corrected chi connectivity index (χ4v) is 3.22. The minimum atomic E-state index is -0.798. The number of aliphatic hydroxyl groups excluding tert-OH is 2. The number of Topliss-reactive ketones (excluding diaryl/α,β-unsaturated/α-hetero) is 1. The Bertz CT molecular complexity index is 469.